The Hall–Kier alpha value is -2.44. The predicted molar refractivity (Wildman–Crippen MR) is 111 cm³/mol. The van der Waals surface area contributed by atoms with Crippen molar-refractivity contribution >= 4 is 17.5 Å². The summed E-state index contributed by atoms with van der Waals surface area (Å²) in [5.41, 5.74) is 1.03. The number of methoxy groups -OCH3 is 3. The van der Waals surface area contributed by atoms with Gasteiger partial charge in [-0.3, -0.25) is 4.79 Å². The van der Waals surface area contributed by atoms with Crippen LogP contribution in [-0.2, 0) is 21.5 Å². The molecule has 7 heteroatoms. The Morgan fingerprint density at radius 3 is 2.31 bits per heavy atom. The lowest BCUT2D eigenvalue weighted by Crippen LogP contribution is -2.47. The van der Waals surface area contributed by atoms with Crippen LogP contribution in [0.3, 0.4) is 0 Å². The predicted octanol–water partition coefficient (Wildman–Crippen LogP) is 3.73. The average Bonchev–Trinajstić information content (AvgIpc) is 2.77. The van der Waals surface area contributed by atoms with E-state index in [0.29, 0.717) is 54.9 Å². The molecule has 0 saturated carbocycles. The van der Waals surface area contributed by atoms with Crippen molar-refractivity contribution in [2.45, 2.75) is 24.8 Å². The Kier molecular flexibility index (Phi) is 6.87. The SMILES string of the molecule is COc1cc(OC)c(OC)cc1CNC(=O)C1(c2cccc(Cl)c2)CCOCC1. The minimum atomic E-state index is -0.674. The topological polar surface area (TPSA) is 66.0 Å². The molecule has 3 rings (SSSR count). The molecular formula is C22H26ClNO5. The van der Waals surface area contributed by atoms with Gasteiger partial charge in [-0.1, -0.05) is 23.7 Å². The van der Waals surface area contributed by atoms with Gasteiger partial charge in [0.25, 0.3) is 0 Å². The molecule has 1 N–H and O–H groups in total. The molecule has 1 amide bonds. The second-order valence-electron chi connectivity index (χ2n) is 6.91. The van der Waals surface area contributed by atoms with Crippen LogP contribution in [0, 0.1) is 0 Å². The second kappa shape index (κ2) is 9.37. The molecule has 0 aromatic heterocycles. The van der Waals surface area contributed by atoms with E-state index in [2.05, 4.69) is 5.32 Å². The van der Waals surface area contributed by atoms with E-state index in [4.69, 9.17) is 30.5 Å². The van der Waals surface area contributed by atoms with Gasteiger partial charge in [0.1, 0.15) is 5.75 Å². The van der Waals surface area contributed by atoms with Gasteiger partial charge in [-0.2, -0.15) is 0 Å². The third kappa shape index (κ3) is 4.43. The van der Waals surface area contributed by atoms with Crippen LogP contribution in [0.1, 0.15) is 24.0 Å². The Labute approximate surface area is 176 Å². The number of amides is 1. The van der Waals surface area contributed by atoms with Crippen molar-refractivity contribution in [3.8, 4) is 17.2 Å². The smallest absolute Gasteiger partial charge is 0.231 e. The Morgan fingerprint density at radius 1 is 1.03 bits per heavy atom. The van der Waals surface area contributed by atoms with Crippen molar-refractivity contribution in [3.05, 3.63) is 52.5 Å². The standard InChI is InChI=1S/C22H26ClNO5/c1-26-18-13-20(28-3)19(27-2)11-15(18)14-24-21(25)22(7-9-29-10-8-22)16-5-4-6-17(23)12-16/h4-6,11-13H,7-10,14H2,1-3H3,(H,24,25). The van der Waals surface area contributed by atoms with Crippen molar-refractivity contribution in [2.75, 3.05) is 34.5 Å². The summed E-state index contributed by atoms with van der Waals surface area (Å²) < 4.78 is 21.7. The fourth-order valence-electron chi connectivity index (χ4n) is 3.73. The molecule has 1 fully saturated rings. The average molecular weight is 420 g/mol. The molecule has 0 aliphatic carbocycles. The molecule has 0 bridgehead atoms. The normalized spacial score (nSPS) is 15.4. The van der Waals surface area contributed by atoms with Gasteiger partial charge in [0.15, 0.2) is 11.5 Å². The first kappa shape index (κ1) is 21.3. The number of rotatable bonds is 7. The molecule has 0 atom stereocenters. The summed E-state index contributed by atoms with van der Waals surface area (Å²) >= 11 is 6.20. The van der Waals surface area contributed by atoms with Crippen molar-refractivity contribution in [2.24, 2.45) is 0 Å². The molecular weight excluding hydrogens is 394 g/mol. The summed E-state index contributed by atoms with van der Waals surface area (Å²) in [6.45, 7) is 1.35. The van der Waals surface area contributed by atoms with E-state index in [0.717, 1.165) is 11.1 Å². The molecule has 6 nitrogen and oxygen atoms in total. The molecule has 0 spiro atoms. The van der Waals surface area contributed by atoms with Crippen LogP contribution in [0.15, 0.2) is 36.4 Å². The van der Waals surface area contributed by atoms with Crippen molar-refractivity contribution in [1.82, 2.24) is 5.32 Å². The lowest BCUT2D eigenvalue weighted by Gasteiger charge is -2.36. The van der Waals surface area contributed by atoms with E-state index in [9.17, 15) is 4.79 Å². The fraction of sp³-hybridized carbons (Fsp3) is 0.409. The summed E-state index contributed by atoms with van der Waals surface area (Å²) in [6.07, 6.45) is 1.20. The van der Waals surface area contributed by atoms with Crippen molar-refractivity contribution in [3.63, 3.8) is 0 Å². The number of carbonyl (C=O) groups excluding carboxylic acids is 1. The summed E-state index contributed by atoms with van der Waals surface area (Å²) in [5.74, 6) is 1.71. The fourth-order valence-corrected chi connectivity index (χ4v) is 3.92. The minimum Gasteiger partial charge on any atom is -0.496 e. The van der Waals surface area contributed by atoms with Crippen molar-refractivity contribution in [1.29, 1.82) is 0 Å². The zero-order valence-electron chi connectivity index (χ0n) is 16.9. The molecule has 0 radical (unpaired) electrons. The number of halogens is 1. The van der Waals surface area contributed by atoms with Crippen molar-refractivity contribution < 1.29 is 23.7 Å². The molecule has 156 valence electrons. The van der Waals surface area contributed by atoms with Gasteiger partial charge in [0, 0.05) is 36.4 Å². The van der Waals surface area contributed by atoms with Crippen LogP contribution in [0.2, 0.25) is 5.02 Å². The summed E-state index contributed by atoms with van der Waals surface area (Å²) in [5, 5.41) is 3.69. The number of nitrogens with one attached hydrogen (secondary N) is 1. The molecule has 29 heavy (non-hydrogen) atoms. The maximum absolute atomic E-state index is 13.4. The highest BCUT2D eigenvalue weighted by Crippen LogP contribution is 2.37. The monoisotopic (exact) mass is 419 g/mol. The third-order valence-electron chi connectivity index (χ3n) is 5.38. The van der Waals surface area contributed by atoms with Crippen LogP contribution >= 0.6 is 11.6 Å². The maximum Gasteiger partial charge on any atom is 0.231 e. The Bertz CT molecular complexity index is 864. The lowest BCUT2D eigenvalue weighted by atomic mass is 9.73. The van der Waals surface area contributed by atoms with E-state index in [1.54, 1.807) is 27.4 Å². The van der Waals surface area contributed by atoms with Crippen LogP contribution in [-0.4, -0.2) is 40.5 Å². The summed E-state index contributed by atoms with van der Waals surface area (Å²) in [4.78, 5) is 13.4. The van der Waals surface area contributed by atoms with Crippen LogP contribution in [0.25, 0.3) is 0 Å². The highest BCUT2D eigenvalue weighted by Gasteiger charge is 2.41. The molecule has 1 aliphatic rings. The molecule has 2 aromatic carbocycles. The van der Waals surface area contributed by atoms with Gasteiger partial charge < -0.3 is 24.3 Å². The summed E-state index contributed by atoms with van der Waals surface area (Å²) in [7, 11) is 4.72. The van der Waals surface area contributed by atoms with Gasteiger partial charge in [-0.15, -0.1) is 0 Å². The highest BCUT2D eigenvalue weighted by molar-refractivity contribution is 6.30. The maximum atomic E-state index is 13.4. The summed E-state index contributed by atoms with van der Waals surface area (Å²) in [6, 6.07) is 11.1. The molecule has 0 unspecified atom stereocenters. The second-order valence-corrected chi connectivity index (χ2v) is 7.34. The molecule has 1 saturated heterocycles. The van der Waals surface area contributed by atoms with Crippen LogP contribution < -0.4 is 19.5 Å². The van der Waals surface area contributed by atoms with Gasteiger partial charge >= 0.3 is 0 Å². The zero-order valence-corrected chi connectivity index (χ0v) is 17.7. The first-order chi connectivity index (χ1) is 14.0. The highest BCUT2D eigenvalue weighted by atomic mass is 35.5. The number of benzene rings is 2. The van der Waals surface area contributed by atoms with Crippen LogP contribution in [0.4, 0.5) is 0 Å². The largest absolute Gasteiger partial charge is 0.496 e. The first-order valence-corrected chi connectivity index (χ1v) is 9.83. The third-order valence-corrected chi connectivity index (χ3v) is 5.62. The Morgan fingerprint density at radius 2 is 1.69 bits per heavy atom. The van der Waals surface area contributed by atoms with E-state index >= 15 is 0 Å². The van der Waals surface area contributed by atoms with Gasteiger partial charge in [-0.05, 0) is 36.6 Å². The molecule has 1 heterocycles. The lowest BCUT2D eigenvalue weighted by molar-refractivity contribution is -0.130. The van der Waals surface area contributed by atoms with Gasteiger partial charge in [0.05, 0.1) is 26.7 Å². The number of hydrogen-bond acceptors (Lipinski definition) is 5. The molecule has 1 aliphatic heterocycles. The van der Waals surface area contributed by atoms with Gasteiger partial charge in [0.2, 0.25) is 5.91 Å². The number of ether oxygens (including phenoxy) is 4. The van der Waals surface area contributed by atoms with E-state index < -0.39 is 5.41 Å². The zero-order chi connectivity index (χ0) is 20.9. The quantitative estimate of drug-likeness (QED) is 0.740. The first-order valence-electron chi connectivity index (χ1n) is 9.45. The minimum absolute atomic E-state index is 0.0556. The van der Waals surface area contributed by atoms with Crippen LogP contribution in [0.5, 0.6) is 17.2 Å². The Balaban J connectivity index is 1.86. The number of hydrogen-bond donors (Lipinski definition) is 1. The van der Waals surface area contributed by atoms with E-state index in [1.165, 1.54) is 0 Å². The van der Waals surface area contributed by atoms with Gasteiger partial charge in [-0.25, -0.2) is 0 Å². The molecule has 2 aromatic rings. The number of carbonyl (C=O) groups is 1. The van der Waals surface area contributed by atoms with E-state index in [-0.39, 0.29) is 5.91 Å². The van der Waals surface area contributed by atoms with E-state index in [1.807, 2.05) is 30.3 Å².